The van der Waals surface area contributed by atoms with Gasteiger partial charge in [-0.05, 0) is 103 Å². The van der Waals surface area contributed by atoms with Gasteiger partial charge in [0.05, 0.1) is 40.3 Å². The van der Waals surface area contributed by atoms with Crippen LogP contribution in [0.15, 0.2) is 122 Å². The minimum absolute atomic E-state index is 0.146. The standard InChI is InChI=1S/C84H145NO8/c1-6-8-10-12-14-16-18-20-22-24-26-28-30-32-34-35-36-37-38-39-40-41-42-43-44-45-46-47-49-51-53-55-57-59-61-63-65-67-69-71-73-75-82(87)93-80(79-92-84(83(88)89)90-77-76-85(3,4)5)78-91-81(86)74-72-70-68-66-64-62-60-58-56-54-52-50-48-33-31-29-27-25-23-21-19-17-15-13-11-9-7-2/h8-11,14-17,20-23,26-29,32,34,36-37,80,84H,6-7,12-13,18-19,24-25,30-31,33,35,38-79H2,1-5H3/b10-8-,11-9-,16-14-,17-15-,22-20-,23-21-,28-26-,29-27-,34-32-,37-36-. The van der Waals surface area contributed by atoms with Gasteiger partial charge in [0.25, 0.3) is 0 Å². The van der Waals surface area contributed by atoms with Crippen LogP contribution in [0.25, 0.3) is 0 Å². The lowest BCUT2D eigenvalue weighted by Crippen LogP contribution is -2.44. The van der Waals surface area contributed by atoms with Crippen molar-refractivity contribution >= 4 is 17.9 Å². The summed E-state index contributed by atoms with van der Waals surface area (Å²) in [4.78, 5) is 37.6. The molecule has 0 aromatic carbocycles. The Bertz CT molecular complexity index is 1950. The number of carbonyl (C=O) groups excluding carboxylic acids is 3. The van der Waals surface area contributed by atoms with E-state index in [2.05, 4.69) is 135 Å². The largest absolute Gasteiger partial charge is 0.545 e. The highest BCUT2D eigenvalue weighted by Gasteiger charge is 2.22. The number of hydrogen-bond donors (Lipinski definition) is 0. The van der Waals surface area contributed by atoms with Crippen molar-refractivity contribution in [3.63, 3.8) is 0 Å². The number of carboxylic acid groups (broad SMARTS) is 1. The van der Waals surface area contributed by atoms with E-state index in [1.54, 1.807) is 0 Å². The molecule has 0 radical (unpaired) electrons. The lowest BCUT2D eigenvalue weighted by Gasteiger charge is -2.26. The molecule has 0 fully saturated rings. The predicted octanol–water partition coefficient (Wildman–Crippen LogP) is 23.4. The number of likely N-dealkylation sites (N-methyl/N-ethyl adjacent to an activating group) is 1. The van der Waals surface area contributed by atoms with Crippen LogP contribution in [0, 0.1) is 0 Å². The van der Waals surface area contributed by atoms with Crippen LogP contribution >= 0.6 is 0 Å². The topological polar surface area (TPSA) is 111 Å². The maximum absolute atomic E-state index is 13.0. The fourth-order valence-corrected chi connectivity index (χ4v) is 10.9. The van der Waals surface area contributed by atoms with E-state index in [4.69, 9.17) is 18.9 Å². The minimum atomic E-state index is -1.63. The van der Waals surface area contributed by atoms with Crippen LogP contribution in [0.4, 0.5) is 0 Å². The third-order valence-corrected chi connectivity index (χ3v) is 16.7. The Morgan fingerprint density at radius 1 is 0.323 bits per heavy atom. The van der Waals surface area contributed by atoms with Gasteiger partial charge in [0, 0.05) is 12.8 Å². The molecule has 0 spiro atoms. The van der Waals surface area contributed by atoms with E-state index in [9.17, 15) is 19.5 Å². The van der Waals surface area contributed by atoms with Gasteiger partial charge >= 0.3 is 11.9 Å². The van der Waals surface area contributed by atoms with Crippen LogP contribution < -0.4 is 5.11 Å². The highest BCUT2D eigenvalue weighted by molar-refractivity contribution is 5.70. The smallest absolute Gasteiger partial charge is 0.306 e. The molecule has 9 nitrogen and oxygen atoms in total. The monoisotopic (exact) mass is 1300 g/mol. The van der Waals surface area contributed by atoms with Crippen LogP contribution in [0.3, 0.4) is 0 Å². The number of nitrogens with zero attached hydrogens (tertiary/aromatic N) is 1. The van der Waals surface area contributed by atoms with Gasteiger partial charge in [0.15, 0.2) is 12.4 Å². The Balaban J connectivity index is 4.00. The molecule has 0 amide bonds. The number of hydrogen-bond acceptors (Lipinski definition) is 8. The van der Waals surface area contributed by atoms with Gasteiger partial charge < -0.3 is 33.3 Å². The molecule has 0 aliphatic heterocycles. The van der Waals surface area contributed by atoms with E-state index in [1.807, 2.05) is 21.1 Å². The molecule has 9 heteroatoms. The molecular weight excluding hydrogens is 1150 g/mol. The summed E-state index contributed by atoms with van der Waals surface area (Å²) in [6, 6.07) is 0. The number of esters is 2. The van der Waals surface area contributed by atoms with Crippen molar-refractivity contribution in [2.24, 2.45) is 0 Å². The Kier molecular flexibility index (Phi) is 70.1. The molecule has 0 bridgehead atoms. The van der Waals surface area contributed by atoms with Crippen molar-refractivity contribution < 1.29 is 42.9 Å². The van der Waals surface area contributed by atoms with E-state index in [0.717, 1.165) is 96.3 Å². The van der Waals surface area contributed by atoms with Crippen LogP contribution in [0.1, 0.15) is 335 Å². The van der Waals surface area contributed by atoms with Gasteiger partial charge in [-0.2, -0.15) is 0 Å². The molecule has 2 atom stereocenters. The molecule has 0 aliphatic carbocycles. The Morgan fingerprint density at radius 3 is 0.860 bits per heavy atom. The second kappa shape index (κ2) is 73.5. The third kappa shape index (κ3) is 74.9. The molecule has 0 heterocycles. The maximum Gasteiger partial charge on any atom is 0.306 e. The predicted molar refractivity (Wildman–Crippen MR) is 398 cm³/mol. The van der Waals surface area contributed by atoms with Crippen molar-refractivity contribution in [2.75, 3.05) is 47.5 Å². The van der Waals surface area contributed by atoms with Gasteiger partial charge in [0.1, 0.15) is 13.2 Å². The average Bonchev–Trinajstić information content (AvgIpc) is 3.38. The lowest BCUT2D eigenvalue weighted by atomic mass is 10.0. The second-order valence-corrected chi connectivity index (χ2v) is 26.9. The summed E-state index contributed by atoms with van der Waals surface area (Å²) in [5.74, 6) is -2.27. The quantitative estimate of drug-likeness (QED) is 0.0195. The summed E-state index contributed by atoms with van der Waals surface area (Å²) >= 11 is 0. The van der Waals surface area contributed by atoms with E-state index < -0.39 is 24.3 Å². The Morgan fingerprint density at radius 2 is 0.581 bits per heavy atom. The number of allylic oxidation sites excluding steroid dienone is 20. The molecule has 0 aromatic rings. The number of ether oxygens (including phenoxy) is 4. The first-order valence-electron chi connectivity index (χ1n) is 38.7. The van der Waals surface area contributed by atoms with Gasteiger partial charge in [-0.25, -0.2) is 0 Å². The number of aliphatic carboxylic acids is 1. The Hall–Kier alpha value is -4.31. The zero-order valence-corrected chi connectivity index (χ0v) is 61.1. The summed E-state index contributed by atoms with van der Waals surface area (Å²) < 4.78 is 22.9. The second-order valence-electron chi connectivity index (χ2n) is 26.9. The zero-order chi connectivity index (χ0) is 67.5. The van der Waals surface area contributed by atoms with Crippen molar-refractivity contribution in [3.8, 4) is 0 Å². The van der Waals surface area contributed by atoms with Gasteiger partial charge in [-0.15, -0.1) is 0 Å². The van der Waals surface area contributed by atoms with Crippen molar-refractivity contribution in [3.05, 3.63) is 122 Å². The first-order valence-corrected chi connectivity index (χ1v) is 38.7. The highest BCUT2D eigenvalue weighted by atomic mass is 16.7. The lowest BCUT2D eigenvalue weighted by molar-refractivity contribution is -0.870. The van der Waals surface area contributed by atoms with Crippen LogP contribution in [0.5, 0.6) is 0 Å². The van der Waals surface area contributed by atoms with Gasteiger partial charge in [-0.1, -0.05) is 341 Å². The number of rotatable bonds is 71. The summed E-state index contributed by atoms with van der Waals surface area (Å²) in [7, 11) is 5.94. The third-order valence-electron chi connectivity index (χ3n) is 16.7. The van der Waals surface area contributed by atoms with Crippen molar-refractivity contribution in [2.45, 2.75) is 347 Å². The van der Waals surface area contributed by atoms with Gasteiger partial charge in [0.2, 0.25) is 0 Å². The summed E-state index contributed by atoms with van der Waals surface area (Å²) in [5.41, 5.74) is 0. The fraction of sp³-hybridized carbons (Fsp3) is 0.726. The van der Waals surface area contributed by atoms with E-state index in [-0.39, 0.29) is 38.6 Å². The summed E-state index contributed by atoms with van der Waals surface area (Å²) in [5, 5.41) is 11.9. The highest BCUT2D eigenvalue weighted by Crippen LogP contribution is 2.18. The summed E-state index contributed by atoms with van der Waals surface area (Å²) in [6.07, 6.45) is 102. The van der Waals surface area contributed by atoms with E-state index in [0.29, 0.717) is 17.4 Å². The number of carbonyl (C=O) groups is 3. The summed E-state index contributed by atoms with van der Waals surface area (Å²) in [6.45, 7) is 4.56. The molecule has 2 unspecified atom stereocenters. The van der Waals surface area contributed by atoms with Crippen molar-refractivity contribution in [1.29, 1.82) is 0 Å². The minimum Gasteiger partial charge on any atom is -0.545 e. The molecule has 0 saturated heterocycles. The van der Waals surface area contributed by atoms with Crippen LogP contribution in [-0.4, -0.2) is 82.3 Å². The maximum atomic E-state index is 13.0. The van der Waals surface area contributed by atoms with Gasteiger partial charge in [-0.3, -0.25) is 9.59 Å². The molecular formula is C84H145NO8. The fourth-order valence-electron chi connectivity index (χ4n) is 10.9. The molecule has 0 saturated carbocycles. The number of carboxylic acids is 1. The molecule has 534 valence electrons. The molecule has 0 aliphatic rings. The Labute approximate surface area is 574 Å². The SMILES string of the molecule is CC/C=C\C/C=C\C/C=C\C/C=C\C/C=C\C/C=C\CCCCCCCCCCCCCCCCCCCCCCCCC(=O)OC(COC(=O)CCCCCCCCCCCCCCCC/C=C\C/C=C\C/C=C\C/C=C\CC)COC(OCC[N+](C)(C)C)C(=O)[O-]. The zero-order valence-electron chi connectivity index (χ0n) is 61.1. The van der Waals surface area contributed by atoms with Crippen molar-refractivity contribution in [1.82, 2.24) is 0 Å². The van der Waals surface area contributed by atoms with E-state index >= 15 is 0 Å². The molecule has 93 heavy (non-hydrogen) atoms. The average molecular weight is 1300 g/mol. The van der Waals surface area contributed by atoms with Crippen LogP contribution in [-0.2, 0) is 33.3 Å². The van der Waals surface area contributed by atoms with Crippen LogP contribution in [0.2, 0.25) is 0 Å². The first kappa shape index (κ1) is 88.7. The molecule has 0 aromatic heterocycles. The molecule has 0 rings (SSSR count). The first-order chi connectivity index (χ1) is 45.6. The van der Waals surface area contributed by atoms with E-state index in [1.165, 1.54) is 205 Å². The normalized spacial score (nSPS) is 13.3. The molecule has 0 N–H and O–H groups in total. The number of unbranched alkanes of at least 4 members (excludes halogenated alkanes) is 36. The number of quaternary nitrogens is 1.